The molecular weight excluding hydrogens is 196 g/mol. The molecular formula is C15H18O. The molecule has 0 saturated heterocycles. The zero-order valence-corrected chi connectivity index (χ0v) is 9.94. The maximum absolute atomic E-state index is 11.1. The molecule has 2 rings (SSSR count). The molecule has 0 radical (unpaired) electrons. The highest BCUT2D eigenvalue weighted by Crippen LogP contribution is 2.59. The van der Waals surface area contributed by atoms with Crippen molar-refractivity contribution in [2.24, 2.45) is 11.3 Å². The molecule has 0 aromatic heterocycles. The molecule has 1 fully saturated rings. The van der Waals surface area contributed by atoms with Gasteiger partial charge in [-0.1, -0.05) is 49.4 Å². The van der Waals surface area contributed by atoms with E-state index in [0.29, 0.717) is 5.92 Å². The molecule has 1 aromatic rings. The number of rotatable bonds is 3. The van der Waals surface area contributed by atoms with Crippen LogP contribution in [0.4, 0.5) is 0 Å². The first-order valence-corrected chi connectivity index (χ1v) is 5.76. The zero-order chi connectivity index (χ0) is 11.8. The lowest BCUT2D eigenvalue weighted by molar-refractivity contribution is -0.118. The van der Waals surface area contributed by atoms with E-state index in [9.17, 15) is 4.79 Å². The lowest BCUT2D eigenvalue weighted by Crippen LogP contribution is -2.45. The fourth-order valence-electron chi connectivity index (χ4n) is 2.89. The first-order chi connectivity index (χ1) is 7.59. The van der Waals surface area contributed by atoms with Crippen molar-refractivity contribution in [2.45, 2.75) is 26.2 Å². The van der Waals surface area contributed by atoms with Crippen molar-refractivity contribution in [1.82, 2.24) is 0 Å². The van der Waals surface area contributed by atoms with E-state index < -0.39 is 0 Å². The lowest BCUT2D eigenvalue weighted by Gasteiger charge is -2.52. The fourth-order valence-corrected chi connectivity index (χ4v) is 2.89. The van der Waals surface area contributed by atoms with Crippen molar-refractivity contribution in [1.29, 1.82) is 0 Å². The van der Waals surface area contributed by atoms with E-state index in [1.165, 1.54) is 11.1 Å². The van der Waals surface area contributed by atoms with Crippen LogP contribution in [0.2, 0.25) is 0 Å². The topological polar surface area (TPSA) is 17.1 Å². The Morgan fingerprint density at radius 3 is 2.56 bits per heavy atom. The molecule has 1 aliphatic rings. The van der Waals surface area contributed by atoms with E-state index in [-0.39, 0.29) is 11.3 Å². The summed E-state index contributed by atoms with van der Waals surface area (Å²) in [7, 11) is 0. The molecule has 0 N–H and O–H groups in total. The SMILES string of the molecule is C=C(C)[C@]1(C)C[C@H](C=O)[C@H]1c1ccccc1. The third-order valence-corrected chi connectivity index (χ3v) is 4.08. The van der Waals surface area contributed by atoms with Crippen molar-refractivity contribution in [3.05, 3.63) is 48.0 Å². The largest absolute Gasteiger partial charge is 0.303 e. The van der Waals surface area contributed by atoms with E-state index in [2.05, 4.69) is 32.6 Å². The van der Waals surface area contributed by atoms with Gasteiger partial charge in [0.2, 0.25) is 0 Å². The Morgan fingerprint density at radius 2 is 2.06 bits per heavy atom. The van der Waals surface area contributed by atoms with Crippen LogP contribution in [-0.4, -0.2) is 6.29 Å². The van der Waals surface area contributed by atoms with Crippen LogP contribution >= 0.6 is 0 Å². The van der Waals surface area contributed by atoms with Crippen molar-refractivity contribution in [3.8, 4) is 0 Å². The third-order valence-electron chi connectivity index (χ3n) is 4.08. The van der Waals surface area contributed by atoms with Crippen LogP contribution in [0, 0.1) is 11.3 Å². The fraction of sp³-hybridized carbons (Fsp3) is 0.400. The number of carbonyl (C=O) groups excluding carboxylic acids is 1. The predicted octanol–water partition coefficient (Wildman–Crippen LogP) is 3.57. The highest BCUT2D eigenvalue weighted by Gasteiger charge is 2.51. The molecule has 1 heteroatoms. The van der Waals surface area contributed by atoms with Gasteiger partial charge in [-0.2, -0.15) is 0 Å². The lowest BCUT2D eigenvalue weighted by atomic mass is 9.50. The molecule has 1 aromatic carbocycles. The number of hydrogen-bond donors (Lipinski definition) is 0. The summed E-state index contributed by atoms with van der Waals surface area (Å²) in [6, 6.07) is 10.3. The van der Waals surface area contributed by atoms with Crippen molar-refractivity contribution in [3.63, 3.8) is 0 Å². The van der Waals surface area contributed by atoms with Crippen molar-refractivity contribution >= 4 is 6.29 Å². The second-order valence-corrected chi connectivity index (χ2v) is 5.09. The summed E-state index contributed by atoms with van der Waals surface area (Å²) in [5.74, 6) is 0.466. The van der Waals surface area contributed by atoms with Crippen molar-refractivity contribution in [2.75, 3.05) is 0 Å². The molecule has 1 saturated carbocycles. The Hall–Kier alpha value is -1.37. The number of allylic oxidation sites excluding steroid dienone is 1. The minimum atomic E-state index is 0.0902. The summed E-state index contributed by atoms with van der Waals surface area (Å²) in [5.41, 5.74) is 2.53. The van der Waals surface area contributed by atoms with Crippen molar-refractivity contribution < 1.29 is 4.79 Å². The van der Waals surface area contributed by atoms with Gasteiger partial charge >= 0.3 is 0 Å². The van der Waals surface area contributed by atoms with Gasteiger partial charge in [0.05, 0.1) is 0 Å². The van der Waals surface area contributed by atoms with Crippen LogP contribution in [0.5, 0.6) is 0 Å². The Labute approximate surface area is 97.2 Å². The molecule has 0 amide bonds. The number of benzene rings is 1. The first-order valence-electron chi connectivity index (χ1n) is 5.76. The van der Waals surface area contributed by atoms with E-state index in [1.807, 2.05) is 18.2 Å². The molecule has 1 nitrogen and oxygen atoms in total. The second kappa shape index (κ2) is 3.89. The Kier molecular flexibility index (Phi) is 2.71. The van der Waals surface area contributed by atoms with Gasteiger partial charge < -0.3 is 4.79 Å². The molecule has 84 valence electrons. The summed E-state index contributed by atoms with van der Waals surface area (Å²) in [5, 5.41) is 0. The summed E-state index contributed by atoms with van der Waals surface area (Å²) in [6.45, 7) is 8.36. The quantitative estimate of drug-likeness (QED) is 0.555. The minimum Gasteiger partial charge on any atom is -0.303 e. The Balaban J connectivity index is 2.36. The number of hydrogen-bond acceptors (Lipinski definition) is 1. The molecule has 0 spiro atoms. The summed E-state index contributed by atoms with van der Waals surface area (Å²) in [6.07, 6.45) is 2.04. The zero-order valence-electron chi connectivity index (χ0n) is 9.94. The Bertz CT molecular complexity index is 407. The van der Waals surface area contributed by atoms with Gasteiger partial charge in [-0.05, 0) is 24.3 Å². The van der Waals surface area contributed by atoms with Gasteiger partial charge in [-0.15, -0.1) is 0 Å². The smallest absolute Gasteiger partial charge is 0.123 e. The van der Waals surface area contributed by atoms with Gasteiger partial charge in [0.25, 0.3) is 0 Å². The normalized spacial score (nSPS) is 32.9. The van der Waals surface area contributed by atoms with E-state index in [0.717, 1.165) is 12.7 Å². The molecule has 0 bridgehead atoms. The molecule has 0 unspecified atom stereocenters. The van der Waals surface area contributed by atoms with Gasteiger partial charge in [0.1, 0.15) is 6.29 Å². The van der Waals surface area contributed by atoms with Crippen LogP contribution in [-0.2, 0) is 4.79 Å². The Morgan fingerprint density at radius 1 is 1.44 bits per heavy atom. The maximum atomic E-state index is 11.1. The minimum absolute atomic E-state index is 0.0902. The second-order valence-electron chi connectivity index (χ2n) is 5.09. The third kappa shape index (κ3) is 1.51. The molecule has 3 atom stereocenters. The monoisotopic (exact) mass is 214 g/mol. The van der Waals surface area contributed by atoms with Crippen LogP contribution in [0.25, 0.3) is 0 Å². The summed E-state index contributed by atoms with van der Waals surface area (Å²) < 4.78 is 0. The average Bonchev–Trinajstić information content (AvgIpc) is 2.26. The van der Waals surface area contributed by atoms with Crippen LogP contribution in [0.15, 0.2) is 42.5 Å². The van der Waals surface area contributed by atoms with E-state index in [1.54, 1.807) is 0 Å². The molecule has 16 heavy (non-hydrogen) atoms. The highest BCUT2D eigenvalue weighted by atomic mass is 16.1. The molecule has 0 aliphatic heterocycles. The molecule has 0 heterocycles. The van der Waals surface area contributed by atoms with Crippen LogP contribution in [0.1, 0.15) is 31.7 Å². The highest BCUT2D eigenvalue weighted by molar-refractivity contribution is 5.60. The number of carbonyl (C=O) groups is 1. The average molecular weight is 214 g/mol. The van der Waals surface area contributed by atoms with E-state index in [4.69, 9.17) is 0 Å². The van der Waals surface area contributed by atoms with Gasteiger partial charge in [0.15, 0.2) is 0 Å². The van der Waals surface area contributed by atoms with Gasteiger partial charge in [-0.25, -0.2) is 0 Å². The van der Waals surface area contributed by atoms with Gasteiger partial charge in [-0.3, -0.25) is 0 Å². The van der Waals surface area contributed by atoms with Crippen LogP contribution < -0.4 is 0 Å². The first kappa shape index (κ1) is 11.1. The predicted molar refractivity (Wildman–Crippen MR) is 66.3 cm³/mol. The molecule has 1 aliphatic carbocycles. The maximum Gasteiger partial charge on any atom is 0.123 e. The standard InChI is InChI=1S/C15H18O/c1-11(2)15(3)9-13(10-16)14(15)12-7-5-4-6-8-12/h4-8,10,13-14H,1,9H2,2-3H3/t13-,14-,15+/m1/s1. The van der Waals surface area contributed by atoms with E-state index >= 15 is 0 Å². The number of aldehydes is 1. The van der Waals surface area contributed by atoms with Crippen LogP contribution in [0.3, 0.4) is 0 Å². The summed E-state index contributed by atoms with van der Waals surface area (Å²) in [4.78, 5) is 11.1. The van der Waals surface area contributed by atoms with Gasteiger partial charge in [0, 0.05) is 11.8 Å². The summed E-state index contributed by atoms with van der Waals surface area (Å²) >= 11 is 0.